The summed E-state index contributed by atoms with van der Waals surface area (Å²) < 4.78 is 11.1. The molecule has 2 unspecified atom stereocenters. The molecule has 2 atom stereocenters. The molecule has 1 heterocycles. The van der Waals surface area contributed by atoms with Crippen LogP contribution in [0.2, 0.25) is 5.02 Å². The number of ether oxygens (including phenoxy) is 2. The lowest BCUT2D eigenvalue weighted by Gasteiger charge is -2.19. The van der Waals surface area contributed by atoms with E-state index in [1.807, 2.05) is 12.1 Å². The van der Waals surface area contributed by atoms with Crippen LogP contribution in [-0.2, 0) is 9.47 Å². The number of nitrogens with one attached hydrogen (secondary N) is 2. The van der Waals surface area contributed by atoms with E-state index >= 15 is 0 Å². The van der Waals surface area contributed by atoms with Crippen molar-refractivity contribution in [2.75, 3.05) is 40.0 Å². The maximum atomic E-state index is 5.97. The summed E-state index contributed by atoms with van der Waals surface area (Å²) in [6.07, 6.45) is 3.30. The van der Waals surface area contributed by atoms with Crippen molar-refractivity contribution < 1.29 is 9.47 Å². The third-order valence-electron chi connectivity index (χ3n) is 4.43. The van der Waals surface area contributed by atoms with Gasteiger partial charge in [-0.25, -0.2) is 0 Å². The zero-order chi connectivity index (χ0) is 17.9. The van der Waals surface area contributed by atoms with Crippen LogP contribution in [0.5, 0.6) is 0 Å². The zero-order valence-electron chi connectivity index (χ0n) is 15.3. The van der Waals surface area contributed by atoms with Gasteiger partial charge in [-0.15, -0.1) is 0 Å². The summed E-state index contributed by atoms with van der Waals surface area (Å²) in [5, 5.41) is 7.53. The Morgan fingerprint density at radius 2 is 2.16 bits per heavy atom. The van der Waals surface area contributed by atoms with Crippen molar-refractivity contribution in [2.45, 2.75) is 38.2 Å². The molecule has 0 spiro atoms. The number of hydrogen-bond donors (Lipinski definition) is 2. The Balaban J connectivity index is 1.65. The summed E-state index contributed by atoms with van der Waals surface area (Å²) in [7, 11) is 1.80. The van der Waals surface area contributed by atoms with Gasteiger partial charge in [-0.2, -0.15) is 0 Å². The maximum Gasteiger partial charge on any atom is 0.190 e. The van der Waals surface area contributed by atoms with Gasteiger partial charge in [0.2, 0.25) is 0 Å². The van der Waals surface area contributed by atoms with Crippen molar-refractivity contribution in [1.29, 1.82) is 0 Å². The largest absolute Gasteiger partial charge is 0.379 e. The Morgan fingerprint density at radius 3 is 2.80 bits per heavy atom. The molecule has 5 nitrogen and oxygen atoms in total. The fourth-order valence-corrected chi connectivity index (χ4v) is 2.97. The first kappa shape index (κ1) is 20.0. The second kappa shape index (κ2) is 11.3. The first-order chi connectivity index (χ1) is 12.2. The van der Waals surface area contributed by atoms with Crippen LogP contribution < -0.4 is 10.6 Å². The topological polar surface area (TPSA) is 54.9 Å². The van der Waals surface area contributed by atoms with E-state index in [1.165, 1.54) is 5.56 Å². The third kappa shape index (κ3) is 7.22. The van der Waals surface area contributed by atoms with Gasteiger partial charge in [0.1, 0.15) is 0 Å². The molecule has 0 amide bonds. The number of guanidine groups is 1. The molecule has 2 rings (SSSR count). The molecule has 0 radical (unpaired) electrons. The van der Waals surface area contributed by atoms with Gasteiger partial charge in [0.15, 0.2) is 5.96 Å². The average molecular weight is 368 g/mol. The molecular weight excluding hydrogens is 338 g/mol. The molecular formula is C19H30ClN3O2. The van der Waals surface area contributed by atoms with Gasteiger partial charge in [-0.1, -0.05) is 30.7 Å². The van der Waals surface area contributed by atoms with Gasteiger partial charge < -0.3 is 20.1 Å². The fraction of sp³-hybridized carbons (Fsp3) is 0.632. The van der Waals surface area contributed by atoms with Crippen molar-refractivity contribution in [1.82, 2.24) is 10.6 Å². The normalized spacial score (nSPS) is 19.0. The van der Waals surface area contributed by atoms with E-state index in [4.69, 9.17) is 21.1 Å². The summed E-state index contributed by atoms with van der Waals surface area (Å²) in [6, 6.07) is 8.08. The highest BCUT2D eigenvalue weighted by molar-refractivity contribution is 6.30. The Bertz CT molecular complexity index is 516. The maximum absolute atomic E-state index is 5.97. The van der Waals surface area contributed by atoms with Crippen molar-refractivity contribution in [2.24, 2.45) is 4.99 Å². The molecule has 0 bridgehead atoms. The highest BCUT2D eigenvalue weighted by Gasteiger charge is 2.15. The second-order valence-electron chi connectivity index (χ2n) is 6.25. The summed E-state index contributed by atoms with van der Waals surface area (Å²) >= 11 is 5.97. The smallest absolute Gasteiger partial charge is 0.190 e. The minimum absolute atomic E-state index is 0.280. The second-order valence-corrected chi connectivity index (χ2v) is 6.68. The molecule has 1 aromatic rings. The van der Waals surface area contributed by atoms with Gasteiger partial charge in [-0.05, 0) is 37.0 Å². The lowest BCUT2D eigenvalue weighted by molar-refractivity contribution is 0.0420. The molecule has 1 aliphatic heterocycles. The first-order valence-corrected chi connectivity index (χ1v) is 9.50. The molecule has 1 aromatic carbocycles. The Morgan fingerprint density at radius 1 is 1.36 bits per heavy atom. The summed E-state index contributed by atoms with van der Waals surface area (Å²) in [4.78, 5) is 4.29. The van der Waals surface area contributed by atoms with Gasteiger partial charge in [0.05, 0.1) is 12.7 Å². The third-order valence-corrected chi connectivity index (χ3v) is 4.68. The van der Waals surface area contributed by atoms with Gasteiger partial charge in [-0.3, -0.25) is 4.99 Å². The lowest BCUT2D eigenvalue weighted by atomic mass is 9.96. The molecule has 0 aromatic heterocycles. The van der Waals surface area contributed by atoms with E-state index in [0.29, 0.717) is 5.92 Å². The van der Waals surface area contributed by atoms with Crippen LogP contribution in [0.4, 0.5) is 0 Å². The predicted molar refractivity (Wildman–Crippen MR) is 104 cm³/mol. The summed E-state index contributed by atoms with van der Waals surface area (Å²) in [5.74, 6) is 1.26. The molecule has 25 heavy (non-hydrogen) atoms. The van der Waals surface area contributed by atoms with Crippen molar-refractivity contribution in [3.05, 3.63) is 34.9 Å². The quantitative estimate of drug-likeness (QED) is 0.400. The lowest BCUT2D eigenvalue weighted by Crippen LogP contribution is -2.40. The number of rotatable bonds is 9. The average Bonchev–Trinajstić information content (AvgIpc) is 3.15. The molecule has 0 aliphatic carbocycles. The first-order valence-electron chi connectivity index (χ1n) is 9.12. The molecule has 1 fully saturated rings. The van der Waals surface area contributed by atoms with E-state index < -0.39 is 0 Å². The Kier molecular flexibility index (Phi) is 9.08. The van der Waals surface area contributed by atoms with Crippen molar-refractivity contribution in [3.63, 3.8) is 0 Å². The molecule has 0 saturated carbocycles. The standard InChI is InChI=1S/C19H30ClN3O2/c1-3-15(16-5-7-17(20)8-6-16)13-23-19(21-2)22-10-4-11-25-18-9-12-24-14-18/h5-8,15,18H,3-4,9-14H2,1-2H3,(H2,21,22,23). The van der Waals surface area contributed by atoms with E-state index in [1.54, 1.807) is 7.05 Å². The van der Waals surface area contributed by atoms with Gasteiger partial charge >= 0.3 is 0 Å². The zero-order valence-corrected chi connectivity index (χ0v) is 16.0. The minimum atomic E-state index is 0.280. The van der Waals surface area contributed by atoms with Crippen LogP contribution >= 0.6 is 11.6 Å². The highest BCUT2D eigenvalue weighted by Crippen LogP contribution is 2.20. The summed E-state index contributed by atoms with van der Waals surface area (Å²) in [5.41, 5.74) is 1.29. The molecule has 1 saturated heterocycles. The summed E-state index contributed by atoms with van der Waals surface area (Å²) in [6.45, 7) is 6.19. The van der Waals surface area contributed by atoms with Crippen LogP contribution in [0.3, 0.4) is 0 Å². The van der Waals surface area contributed by atoms with Crippen molar-refractivity contribution in [3.8, 4) is 0 Å². The number of hydrogen-bond acceptors (Lipinski definition) is 3. The number of nitrogens with zero attached hydrogens (tertiary/aromatic N) is 1. The van der Waals surface area contributed by atoms with Gasteiger partial charge in [0, 0.05) is 44.3 Å². The fourth-order valence-electron chi connectivity index (χ4n) is 2.85. The van der Waals surface area contributed by atoms with E-state index in [-0.39, 0.29) is 6.10 Å². The molecule has 6 heteroatoms. The van der Waals surface area contributed by atoms with E-state index in [9.17, 15) is 0 Å². The van der Waals surface area contributed by atoms with Crippen LogP contribution in [-0.4, -0.2) is 52.0 Å². The SMILES string of the molecule is CCC(CNC(=NC)NCCCOC1CCOC1)c1ccc(Cl)cc1. The van der Waals surface area contributed by atoms with Crippen molar-refractivity contribution >= 4 is 17.6 Å². The number of aliphatic imine (C=N–C) groups is 1. The predicted octanol–water partition coefficient (Wildman–Crippen LogP) is 3.19. The van der Waals surface area contributed by atoms with E-state index in [2.05, 4.69) is 34.7 Å². The van der Waals surface area contributed by atoms with Crippen LogP contribution in [0.15, 0.2) is 29.3 Å². The van der Waals surface area contributed by atoms with Crippen LogP contribution in [0, 0.1) is 0 Å². The number of benzene rings is 1. The highest BCUT2D eigenvalue weighted by atomic mass is 35.5. The van der Waals surface area contributed by atoms with Crippen LogP contribution in [0.25, 0.3) is 0 Å². The van der Waals surface area contributed by atoms with Gasteiger partial charge in [0.25, 0.3) is 0 Å². The molecule has 2 N–H and O–H groups in total. The monoisotopic (exact) mass is 367 g/mol. The Hall–Kier alpha value is -1.30. The number of halogens is 1. The molecule has 140 valence electrons. The van der Waals surface area contributed by atoms with Crippen LogP contribution in [0.1, 0.15) is 37.7 Å². The minimum Gasteiger partial charge on any atom is -0.379 e. The molecule has 1 aliphatic rings. The Labute approximate surface area is 156 Å². The van der Waals surface area contributed by atoms with E-state index in [0.717, 1.165) is 63.2 Å².